The van der Waals surface area contributed by atoms with Gasteiger partial charge >= 0.3 is 0 Å². The van der Waals surface area contributed by atoms with Crippen molar-refractivity contribution in [3.8, 4) is 11.8 Å². The van der Waals surface area contributed by atoms with Gasteiger partial charge in [0.25, 0.3) is 11.9 Å². The van der Waals surface area contributed by atoms with Crippen molar-refractivity contribution >= 4 is 24.2 Å². The van der Waals surface area contributed by atoms with Crippen LogP contribution >= 0.6 is 0 Å². The molecule has 126 valence electrons. The first kappa shape index (κ1) is 18.9. The first-order valence-electron chi connectivity index (χ1n) is 7.11. The molecule has 0 heterocycles. The monoisotopic (exact) mass is 329 g/mol. The highest BCUT2D eigenvalue weighted by Crippen LogP contribution is 2.05. The van der Waals surface area contributed by atoms with Gasteiger partial charge in [0.2, 0.25) is 12.3 Å². The van der Waals surface area contributed by atoms with E-state index in [1.807, 2.05) is 5.32 Å². The van der Waals surface area contributed by atoms with Gasteiger partial charge in [0.1, 0.15) is 6.04 Å². The summed E-state index contributed by atoms with van der Waals surface area (Å²) in [6.45, 7) is 2.28. The summed E-state index contributed by atoms with van der Waals surface area (Å²) in [5.74, 6) is 4.87. The number of amides is 2. The highest BCUT2D eigenvalue weighted by Gasteiger charge is 2.11. The van der Waals surface area contributed by atoms with Crippen LogP contribution < -0.4 is 16.4 Å². The number of rotatable bonds is 5. The Hall–Kier alpha value is -3.18. The molecule has 1 atom stereocenters. The summed E-state index contributed by atoms with van der Waals surface area (Å²) in [6.07, 6.45) is 0.308. The maximum absolute atomic E-state index is 11.5. The minimum Gasteiger partial charge on any atom is -0.407 e. The summed E-state index contributed by atoms with van der Waals surface area (Å²) < 4.78 is 5.07. The predicted molar refractivity (Wildman–Crippen MR) is 90.5 cm³/mol. The third kappa shape index (κ3) is 5.90. The average molecular weight is 329 g/mol. The van der Waals surface area contributed by atoms with Crippen molar-refractivity contribution in [3.63, 3.8) is 0 Å². The van der Waals surface area contributed by atoms with Crippen molar-refractivity contribution in [2.24, 2.45) is 10.7 Å². The largest absolute Gasteiger partial charge is 0.407 e. The van der Waals surface area contributed by atoms with E-state index >= 15 is 0 Å². The van der Waals surface area contributed by atoms with Crippen LogP contribution in [-0.4, -0.2) is 43.9 Å². The SMILES string of the molecule is CCN=C(N)OC(=N)c1ccc(C#CC(NC)C(=O)NC=O)cc1. The van der Waals surface area contributed by atoms with Gasteiger partial charge in [0.05, 0.1) is 0 Å². The lowest BCUT2D eigenvalue weighted by Gasteiger charge is -2.06. The second-order valence-electron chi connectivity index (χ2n) is 4.44. The van der Waals surface area contributed by atoms with Gasteiger partial charge in [0, 0.05) is 17.7 Å². The molecular formula is C16H19N5O3. The van der Waals surface area contributed by atoms with Crippen LogP contribution in [0.25, 0.3) is 0 Å². The minimum absolute atomic E-state index is 0.0654. The number of hydrogen-bond acceptors (Lipinski definition) is 6. The van der Waals surface area contributed by atoms with Gasteiger partial charge in [-0.05, 0) is 38.2 Å². The number of nitrogens with zero attached hydrogens (tertiary/aromatic N) is 1. The van der Waals surface area contributed by atoms with Crippen molar-refractivity contribution in [1.82, 2.24) is 10.6 Å². The van der Waals surface area contributed by atoms with E-state index in [4.69, 9.17) is 15.9 Å². The Morgan fingerprint density at radius 1 is 1.46 bits per heavy atom. The molecule has 1 aromatic carbocycles. The lowest BCUT2D eigenvalue weighted by atomic mass is 10.1. The smallest absolute Gasteiger partial charge is 0.288 e. The Labute approximate surface area is 140 Å². The van der Waals surface area contributed by atoms with E-state index in [0.29, 0.717) is 24.1 Å². The fraction of sp³-hybridized carbons (Fsp3) is 0.250. The predicted octanol–water partition coefficient (Wildman–Crippen LogP) is -0.425. The summed E-state index contributed by atoms with van der Waals surface area (Å²) >= 11 is 0. The quantitative estimate of drug-likeness (QED) is 0.252. The Balaban J connectivity index is 2.80. The van der Waals surface area contributed by atoms with E-state index in [0.717, 1.165) is 0 Å². The maximum atomic E-state index is 11.5. The second kappa shape index (κ2) is 9.76. The number of nitrogens with two attached hydrogens (primary N) is 1. The molecule has 0 saturated heterocycles. The van der Waals surface area contributed by atoms with Crippen LogP contribution in [0.2, 0.25) is 0 Å². The van der Waals surface area contributed by atoms with E-state index in [9.17, 15) is 9.59 Å². The average Bonchev–Trinajstić information content (AvgIpc) is 2.56. The molecule has 8 nitrogen and oxygen atoms in total. The molecule has 0 aliphatic carbocycles. The molecule has 24 heavy (non-hydrogen) atoms. The summed E-state index contributed by atoms with van der Waals surface area (Å²) in [6, 6.07) is 5.78. The van der Waals surface area contributed by atoms with E-state index < -0.39 is 11.9 Å². The van der Waals surface area contributed by atoms with Crippen molar-refractivity contribution < 1.29 is 14.3 Å². The zero-order valence-electron chi connectivity index (χ0n) is 13.4. The van der Waals surface area contributed by atoms with Gasteiger partial charge in [-0.25, -0.2) is 4.99 Å². The van der Waals surface area contributed by atoms with Gasteiger partial charge in [-0.15, -0.1) is 0 Å². The van der Waals surface area contributed by atoms with Crippen molar-refractivity contribution in [2.75, 3.05) is 13.6 Å². The highest BCUT2D eigenvalue weighted by atomic mass is 16.5. The molecule has 8 heteroatoms. The molecule has 0 bridgehead atoms. The minimum atomic E-state index is -0.804. The van der Waals surface area contributed by atoms with Crippen LogP contribution in [0.4, 0.5) is 0 Å². The molecule has 0 spiro atoms. The molecule has 2 amide bonds. The highest BCUT2D eigenvalue weighted by molar-refractivity contribution is 5.99. The molecule has 0 aliphatic heterocycles. The zero-order valence-corrected chi connectivity index (χ0v) is 13.4. The molecule has 0 aliphatic rings. The first-order chi connectivity index (χ1) is 11.5. The number of hydrogen-bond donors (Lipinski definition) is 4. The van der Waals surface area contributed by atoms with Crippen LogP contribution in [0.5, 0.6) is 0 Å². The van der Waals surface area contributed by atoms with Gasteiger partial charge in [-0.3, -0.25) is 25.6 Å². The van der Waals surface area contributed by atoms with Gasteiger partial charge in [-0.2, -0.15) is 0 Å². The number of carbonyl (C=O) groups excluding carboxylic acids is 2. The number of ether oxygens (including phenoxy) is 1. The Kier molecular flexibility index (Phi) is 7.67. The lowest BCUT2D eigenvalue weighted by Crippen LogP contribution is -2.41. The number of imide groups is 1. The summed E-state index contributed by atoms with van der Waals surface area (Å²) in [5, 5.41) is 12.5. The number of nitrogens with one attached hydrogen (secondary N) is 3. The maximum Gasteiger partial charge on any atom is 0.288 e. The molecule has 1 aromatic rings. The summed E-state index contributed by atoms with van der Waals surface area (Å²) in [7, 11) is 1.56. The lowest BCUT2D eigenvalue weighted by molar-refractivity contribution is -0.125. The van der Waals surface area contributed by atoms with Crippen molar-refractivity contribution in [1.29, 1.82) is 5.41 Å². The molecule has 0 saturated carbocycles. The number of aliphatic imine (C=N–C) groups is 1. The van der Waals surface area contributed by atoms with Crippen LogP contribution in [0.15, 0.2) is 29.3 Å². The van der Waals surface area contributed by atoms with Crippen molar-refractivity contribution in [3.05, 3.63) is 35.4 Å². The van der Waals surface area contributed by atoms with Gasteiger partial charge in [0.15, 0.2) is 0 Å². The van der Waals surface area contributed by atoms with E-state index in [2.05, 4.69) is 22.2 Å². The first-order valence-corrected chi connectivity index (χ1v) is 7.11. The van der Waals surface area contributed by atoms with Crippen LogP contribution in [-0.2, 0) is 14.3 Å². The molecule has 0 fully saturated rings. The normalized spacial score (nSPS) is 11.7. The molecule has 1 unspecified atom stereocenters. The van der Waals surface area contributed by atoms with Gasteiger partial charge in [-0.1, -0.05) is 11.8 Å². The number of likely N-dealkylation sites (N-methyl/N-ethyl adjacent to an activating group) is 1. The second-order valence-corrected chi connectivity index (χ2v) is 4.44. The standard InChI is InChI=1S/C16H19N5O3/c1-3-20-16(18)24-14(17)12-7-4-11(5-8-12)6-9-13(19-2)15(23)21-10-22/h4-5,7-8,10,13,17,19H,3H2,1-2H3,(H2,18,20)(H,21,22,23). The fourth-order valence-corrected chi connectivity index (χ4v) is 1.62. The van der Waals surface area contributed by atoms with E-state index in [1.54, 1.807) is 38.2 Å². The zero-order chi connectivity index (χ0) is 17.9. The Bertz CT molecular complexity index is 686. The summed E-state index contributed by atoms with van der Waals surface area (Å²) in [4.78, 5) is 25.6. The molecule has 0 radical (unpaired) electrons. The van der Waals surface area contributed by atoms with Crippen LogP contribution in [0.1, 0.15) is 18.1 Å². The van der Waals surface area contributed by atoms with E-state index in [1.165, 1.54) is 0 Å². The Morgan fingerprint density at radius 3 is 2.67 bits per heavy atom. The van der Waals surface area contributed by atoms with Crippen LogP contribution in [0, 0.1) is 17.3 Å². The van der Waals surface area contributed by atoms with Crippen LogP contribution in [0.3, 0.4) is 0 Å². The topological polar surface area (TPSA) is 130 Å². The summed E-state index contributed by atoms with van der Waals surface area (Å²) in [5.41, 5.74) is 6.65. The molecular weight excluding hydrogens is 310 g/mol. The number of benzene rings is 1. The van der Waals surface area contributed by atoms with E-state index in [-0.39, 0.29) is 11.9 Å². The van der Waals surface area contributed by atoms with Gasteiger partial charge < -0.3 is 10.5 Å². The third-order valence-corrected chi connectivity index (χ3v) is 2.78. The number of carbonyl (C=O) groups is 2. The molecule has 5 N–H and O–H groups in total. The number of amidine groups is 1. The third-order valence-electron chi connectivity index (χ3n) is 2.78. The van der Waals surface area contributed by atoms with Crippen molar-refractivity contribution in [2.45, 2.75) is 13.0 Å². The molecule has 0 aromatic heterocycles. The Morgan fingerprint density at radius 2 is 2.12 bits per heavy atom. The molecule has 1 rings (SSSR count). The fourth-order valence-electron chi connectivity index (χ4n) is 1.62.